The van der Waals surface area contributed by atoms with Crippen LogP contribution in [0.15, 0.2) is 42.7 Å². The molecule has 1 N–H and O–H groups in total. The lowest BCUT2D eigenvalue weighted by Crippen LogP contribution is -2.20. The zero-order valence-corrected chi connectivity index (χ0v) is 13.2. The van der Waals surface area contributed by atoms with E-state index in [1.807, 2.05) is 18.2 Å². The lowest BCUT2D eigenvalue weighted by molar-refractivity contribution is 0.399. The number of fused-ring (bicyclic) bond motifs is 1. The summed E-state index contributed by atoms with van der Waals surface area (Å²) in [5, 5.41) is 7.82. The summed E-state index contributed by atoms with van der Waals surface area (Å²) < 4.78 is 1.77. The SMILES string of the molecule is CN1CCC(CNc2cc(-c3ccccc3)nc3ncnn23)C1. The van der Waals surface area contributed by atoms with E-state index in [4.69, 9.17) is 0 Å². The number of likely N-dealkylation sites (tertiary alicyclic amines) is 1. The topological polar surface area (TPSA) is 58.3 Å². The molecule has 0 radical (unpaired) electrons. The highest BCUT2D eigenvalue weighted by atomic mass is 15.4. The Hall–Kier alpha value is -2.47. The van der Waals surface area contributed by atoms with Crippen LogP contribution >= 0.6 is 0 Å². The maximum atomic E-state index is 4.60. The normalized spacial score (nSPS) is 18.6. The number of aromatic nitrogens is 4. The molecule has 1 saturated heterocycles. The molecule has 1 atom stereocenters. The van der Waals surface area contributed by atoms with Crippen molar-refractivity contribution in [3.8, 4) is 11.3 Å². The third kappa shape index (κ3) is 2.90. The molecule has 6 nitrogen and oxygen atoms in total. The quantitative estimate of drug-likeness (QED) is 0.800. The first-order valence-corrected chi connectivity index (χ1v) is 7.98. The van der Waals surface area contributed by atoms with Gasteiger partial charge in [0.15, 0.2) is 0 Å². The number of hydrogen-bond acceptors (Lipinski definition) is 5. The molecule has 1 fully saturated rings. The number of hydrogen-bond donors (Lipinski definition) is 1. The summed E-state index contributed by atoms with van der Waals surface area (Å²) in [5.41, 5.74) is 2.00. The van der Waals surface area contributed by atoms with Crippen molar-refractivity contribution in [2.24, 2.45) is 5.92 Å². The first-order valence-electron chi connectivity index (χ1n) is 7.98. The van der Waals surface area contributed by atoms with Crippen molar-refractivity contribution in [3.05, 3.63) is 42.7 Å². The van der Waals surface area contributed by atoms with Crippen LogP contribution in [0, 0.1) is 5.92 Å². The minimum absolute atomic E-state index is 0.623. The fourth-order valence-corrected chi connectivity index (χ4v) is 3.14. The average molecular weight is 308 g/mol. The van der Waals surface area contributed by atoms with Gasteiger partial charge in [0.05, 0.1) is 5.69 Å². The Morgan fingerprint density at radius 3 is 2.91 bits per heavy atom. The molecule has 6 heteroatoms. The van der Waals surface area contributed by atoms with Gasteiger partial charge >= 0.3 is 0 Å². The van der Waals surface area contributed by atoms with Gasteiger partial charge in [-0.15, -0.1) is 0 Å². The summed E-state index contributed by atoms with van der Waals surface area (Å²) in [6.07, 6.45) is 2.78. The highest BCUT2D eigenvalue weighted by Crippen LogP contribution is 2.22. The second-order valence-corrected chi connectivity index (χ2v) is 6.16. The van der Waals surface area contributed by atoms with E-state index < -0.39 is 0 Å². The highest BCUT2D eigenvalue weighted by molar-refractivity contribution is 5.65. The number of benzene rings is 1. The smallest absolute Gasteiger partial charge is 0.254 e. The van der Waals surface area contributed by atoms with E-state index in [-0.39, 0.29) is 0 Å². The van der Waals surface area contributed by atoms with Crippen molar-refractivity contribution in [3.63, 3.8) is 0 Å². The summed E-state index contributed by atoms with van der Waals surface area (Å²) >= 11 is 0. The number of nitrogens with zero attached hydrogens (tertiary/aromatic N) is 5. The molecule has 1 aliphatic heterocycles. The Morgan fingerprint density at radius 1 is 1.26 bits per heavy atom. The molecule has 1 aliphatic rings. The van der Waals surface area contributed by atoms with Crippen LogP contribution in [-0.2, 0) is 0 Å². The Kier molecular flexibility index (Phi) is 3.67. The molecule has 2 aromatic heterocycles. The Bertz CT molecular complexity index is 797. The second kappa shape index (κ2) is 5.96. The van der Waals surface area contributed by atoms with E-state index in [2.05, 4.69) is 50.5 Å². The van der Waals surface area contributed by atoms with Gasteiger partial charge in [0.1, 0.15) is 12.1 Å². The molecule has 0 saturated carbocycles. The third-order valence-electron chi connectivity index (χ3n) is 4.38. The summed E-state index contributed by atoms with van der Waals surface area (Å²) in [4.78, 5) is 11.2. The van der Waals surface area contributed by atoms with Gasteiger partial charge in [-0.1, -0.05) is 30.3 Å². The maximum absolute atomic E-state index is 4.60. The summed E-state index contributed by atoms with van der Waals surface area (Å²) in [6, 6.07) is 12.2. The molecular weight excluding hydrogens is 288 g/mol. The summed E-state index contributed by atoms with van der Waals surface area (Å²) in [6.45, 7) is 3.26. The zero-order chi connectivity index (χ0) is 15.6. The van der Waals surface area contributed by atoms with Gasteiger partial charge in [-0.05, 0) is 25.9 Å². The van der Waals surface area contributed by atoms with E-state index in [0.717, 1.165) is 30.2 Å². The molecule has 0 amide bonds. The third-order valence-corrected chi connectivity index (χ3v) is 4.38. The molecule has 23 heavy (non-hydrogen) atoms. The van der Waals surface area contributed by atoms with Crippen molar-refractivity contribution in [2.45, 2.75) is 6.42 Å². The standard InChI is InChI=1S/C17H20N6/c1-22-8-7-13(11-22)10-18-16-9-15(14-5-3-2-4-6-14)21-17-19-12-20-23(16)17/h2-6,9,12-13,18H,7-8,10-11H2,1H3. The van der Waals surface area contributed by atoms with Gasteiger partial charge < -0.3 is 10.2 Å². The van der Waals surface area contributed by atoms with Crippen LogP contribution in [0.1, 0.15) is 6.42 Å². The number of rotatable bonds is 4. The number of anilines is 1. The first kappa shape index (κ1) is 14.1. The zero-order valence-electron chi connectivity index (χ0n) is 13.2. The van der Waals surface area contributed by atoms with Crippen LogP contribution in [0.2, 0.25) is 0 Å². The van der Waals surface area contributed by atoms with Crippen LogP contribution in [0.3, 0.4) is 0 Å². The lowest BCUT2D eigenvalue weighted by Gasteiger charge is -2.14. The van der Waals surface area contributed by atoms with E-state index in [1.165, 1.54) is 13.0 Å². The van der Waals surface area contributed by atoms with Crippen LogP contribution in [0.5, 0.6) is 0 Å². The fraction of sp³-hybridized carbons (Fsp3) is 0.353. The van der Waals surface area contributed by atoms with Gasteiger partial charge in [0.25, 0.3) is 5.78 Å². The maximum Gasteiger partial charge on any atom is 0.254 e. The monoisotopic (exact) mass is 308 g/mol. The predicted molar refractivity (Wildman–Crippen MR) is 90.3 cm³/mol. The van der Waals surface area contributed by atoms with Crippen molar-refractivity contribution >= 4 is 11.6 Å². The summed E-state index contributed by atoms with van der Waals surface area (Å²) in [7, 11) is 2.18. The van der Waals surface area contributed by atoms with Crippen molar-refractivity contribution in [1.82, 2.24) is 24.5 Å². The largest absolute Gasteiger partial charge is 0.370 e. The van der Waals surface area contributed by atoms with Crippen LogP contribution < -0.4 is 5.32 Å². The minimum Gasteiger partial charge on any atom is -0.370 e. The first-order chi connectivity index (χ1) is 11.3. The number of nitrogens with one attached hydrogen (secondary N) is 1. The minimum atomic E-state index is 0.623. The molecule has 0 spiro atoms. The molecular formula is C17H20N6. The lowest BCUT2D eigenvalue weighted by atomic mass is 10.1. The second-order valence-electron chi connectivity index (χ2n) is 6.16. The Balaban J connectivity index is 1.63. The van der Waals surface area contributed by atoms with Crippen LogP contribution in [0.4, 0.5) is 5.82 Å². The molecule has 1 unspecified atom stereocenters. The molecule has 118 valence electrons. The molecule has 0 aliphatic carbocycles. The predicted octanol–water partition coefficient (Wildman–Crippen LogP) is 2.15. The van der Waals surface area contributed by atoms with Gasteiger partial charge in [-0.2, -0.15) is 14.6 Å². The van der Waals surface area contributed by atoms with Crippen LogP contribution in [-0.4, -0.2) is 51.2 Å². The molecule has 1 aromatic carbocycles. The van der Waals surface area contributed by atoms with Crippen molar-refractivity contribution < 1.29 is 0 Å². The van der Waals surface area contributed by atoms with E-state index >= 15 is 0 Å². The van der Waals surface area contributed by atoms with E-state index in [9.17, 15) is 0 Å². The van der Waals surface area contributed by atoms with E-state index in [1.54, 1.807) is 10.8 Å². The van der Waals surface area contributed by atoms with Gasteiger partial charge in [0.2, 0.25) is 0 Å². The molecule has 0 bridgehead atoms. The Labute approximate surface area is 135 Å². The fourth-order valence-electron chi connectivity index (χ4n) is 3.14. The van der Waals surface area contributed by atoms with Gasteiger partial charge in [-0.3, -0.25) is 0 Å². The highest BCUT2D eigenvalue weighted by Gasteiger charge is 2.19. The molecule has 3 aromatic rings. The molecule has 4 rings (SSSR count). The van der Waals surface area contributed by atoms with Crippen LogP contribution in [0.25, 0.3) is 17.0 Å². The molecule has 3 heterocycles. The van der Waals surface area contributed by atoms with E-state index in [0.29, 0.717) is 11.7 Å². The van der Waals surface area contributed by atoms with Gasteiger partial charge in [-0.25, -0.2) is 4.98 Å². The average Bonchev–Trinajstić information content (AvgIpc) is 3.22. The van der Waals surface area contributed by atoms with Gasteiger partial charge in [0, 0.05) is 24.7 Å². The van der Waals surface area contributed by atoms with Crippen molar-refractivity contribution in [2.75, 3.05) is 32.0 Å². The summed E-state index contributed by atoms with van der Waals surface area (Å²) in [5.74, 6) is 2.24. The van der Waals surface area contributed by atoms with Crippen molar-refractivity contribution in [1.29, 1.82) is 0 Å². The Morgan fingerprint density at radius 2 is 2.13 bits per heavy atom.